The molecular weight excluding hydrogens is 586 g/mol. The monoisotopic (exact) mass is 619 g/mol. The van der Waals surface area contributed by atoms with Crippen LogP contribution in [0.5, 0.6) is 11.6 Å². The zero-order valence-electron chi connectivity index (χ0n) is 23.3. The molecule has 1 aromatic heterocycles. The standard InChI is InChI=1S/C25H33F4N7O5S/c1-35-7-9-36(10-8-35)34-22(37)15-11-21(40-2)19(12-17(15)26)32-24-30-13-16(25(27,28)29)23(33-24)41-20-6-4-5-18(20)31-14-42(3,38)39/h11-13,18,20,31H,4-10,14H2,1-3H3,(H,34,37)(H,30,32,33)/t18-,20-/m1/s1. The van der Waals surface area contributed by atoms with Crippen LogP contribution in [0, 0.1) is 5.82 Å². The van der Waals surface area contributed by atoms with Gasteiger partial charge >= 0.3 is 6.18 Å². The molecule has 2 heterocycles. The quantitative estimate of drug-likeness (QED) is 0.338. The first kappa shape index (κ1) is 31.7. The van der Waals surface area contributed by atoms with Crippen LogP contribution in [0.3, 0.4) is 0 Å². The van der Waals surface area contributed by atoms with Gasteiger partial charge in [0.05, 0.1) is 24.2 Å². The Balaban J connectivity index is 1.55. The number of sulfone groups is 1. The number of aromatic nitrogens is 2. The van der Waals surface area contributed by atoms with Crippen molar-refractivity contribution >= 4 is 27.4 Å². The maximum Gasteiger partial charge on any atom is 0.423 e. The molecule has 12 nitrogen and oxygen atoms in total. The topological polar surface area (TPSA) is 138 Å². The van der Waals surface area contributed by atoms with E-state index >= 15 is 4.39 Å². The number of carbonyl (C=O) groups excluding carboxylic acids is 1. The zero-order valence-corrected chi connectivity index (χ0v) is 24.1. The summed E-state index contributed by atoms with van der Waals surface area (Å²) in [6.45, 7) is 2.58. The van der Waals surface area contributed by atoms with Crippen molar-refractivity contribution in [2.45, 2.75) is 37.6 Å². The summed E-state index contributed by atoms with van der Waals surface area (Å²) in [5, 5.41) is 7.14. The number of carbonyl (C=O) groups is 1. The summed E-state index contributed by atoms with van der Waals surface area (Å²) in [6.07, 6.45) is -2.55. The Bertz CT molecular complexity index is 1390. The molecule has 17 heteroatoms. The minimum atomic E-state index is -4.84. The van der Waals surface area contributed by atoms with E-state index in [0.717, 1.165) is 25.4 Å². The lowest BCUT2D eigenvalue weighted by Gasteiger charge is -2.32. The van der Waals surface area contributed by atoms with Gasteiger partial charge in [-0.3, -0.25) is 15.5 Å². The van der Waals surface area contributed by atoms with Crippen LogP contribution in [0.4, 0.5) is 29.2 Å². The highest BCUT2D eigenvalue weighted by atomic mass is 32.2. The number of rotatable bonds is 10. The third kappa shape index (κ3) is 8.17. The normalized spacial score (nSPS) is 20.4. The van der Waals surface area contributed by atoms with Crippen LogP contribution >= 0.6 is 0 Å². The summed E-state index contributed by atoms with van der Waals surface area (Å²) >= 11 is 0. The second-order valence-corrected chi connectivity index (χ2v) is 12.4. The molecule has 1 amide bonds. The number of piperazine rings is 1. The lowest BCUT2D eigenvalue weighted by atomic mass is 10.1. The number of halogens is 4. The predicted molar refractivity (Wildman–Crippen MR) is 145 cm³/mol. The summed E-state index contributed by atoms with van der Waals surface area (Å²) in [5.41, 5.74) is 1.11. The Morgan fingerprint density at radius 1 is 1.17 bits per heavy atom. The van der Waals surface area contributed by atoms with E-state index in [-0.39, 0.29) is 28.8 Å². The molecule has 1 aromatic carbocycles. The van der Waals surface area contributed by atoms with Gasteiger partial charge in [0.1, 0.15) is 23.2 Å². The summed E-state index contributed by atoms with van der Waals surface area (Å²) in [5.74, 6) is -3.02. The third-order valence-electron chi connectivity index (χ3n) is 6.93. The SMILES string of the molecule is COc1cc(C(=O)NN2CCN(C)CC2)c(F)cc1Nc1ncc(C(F)(F)F)c(O[C@@H]2CCC[C@H]2NCS(C)(=O)=O)n1. The molecule has 1 saturated carbocycles. The van der Waals surface area contributed by atoms with Gasteiger partial charge in [0.25, 0.3) is 5.91 Å². The number of ether oxygens (including phenoxy) is 2. The van der Waals surface area contributed by atoms with Crippen LogP contribution in [0.25, 0.3) is 0 Å². The molecule has 1 saturated heterocycles. The van der Waals surface area contributed by atoms with Crippen molar-refractivity contribution in [2.24, 2.45) is 0 Å². The highest BCUT2D eigenvalue weighted by Crippen LogP contribution is 2.38. The average Bonchev–Trinajstić information content (AvgIpc) is 3.35. The molecule has 2 atom stereocenters. The van der Waals surface area contributed by atoms with Crippen LogP contribution in [0.1, 0.15) is 35.2 Å². The molecule has 0 bridgehead atoms. The van der Waals surface area contributed by atoms with Gasteiger partial charge < -0.3 is 19.7 Å². The molecule has 1 aliphatic carbocycles. The number of amides is 1. The molecule has 4 rings (SSSR count). The maximum absolute atomic E-state index is 15.1. The third-order valence-corrected chi connectivity index (χ3v) is 7.62. The Labute approximate surface area is 240 Å². The summed E-state index contributed by atoms with van der Waals surface area (Å²) in [7, 11) is -0.125. The molecule has 1 aliphatic heterocycles. The Hall–Kier alpha value is -3.28. The van der Waals surface area contributed by atoms with Gasteiger partial charge in [0.2, 0.25) is 11.8 Å². The number of anilines is 2. The van der Waals surface area contributed by atoms with Gasteiger partial charge in [-0.15, -0.1) is 0 Å². The molecule has 2 fully saturated rings. The molecule has 42 heavy (non-hydrogen) atoms. The minimum Gasteiger partial charge on any atom is -0.495 e. The second kappa shape index (κ2) is 12.9. The van der Waals surface area contributed by atoms with Crippen molar-refractivity contribution in [3.8, 4) is 11.6 Å². The van der Waals surface area contributed by atoms with Crippen LogP contribution in [-0.4, -0.2) is 98.8 Å². The number of methoxy groups -OCH3 is 1. The molecule has 0 spiro atoms. The zero-order chi connectivity index (χ0) is 30.7. The number of hydrogen-bond donors (Lipinski definition) is 3. The van der Waals surface area contributed by atoms with Crippen LogP contribution in [0.15, 0.2) is 18.3 Å². The number of alkyl halides is 3. The number of nitrogens with zero attached hydrogens (tertiary/aromatic N) is 4. The fraction of sp³-hybridized carbons (Fsp3) is 0.560. The molecule has 0 radical (unpaired) electrons. The summed E-state index contributed by atoms with van der Waals surface area (Å²) in [6, 6.07) is 1.62. The van der Waals surface area contributed by atoms with E-state index in [1.165, 1.54) is 13.2 Å². The first-order valence-corrected chi connectivity index (χ1v) is 15.2. The highest BCUT2D eigenvalue weighted by molar-refractivity contribution is 7.90. The van der Waals surface area contributed by atoms with Gasteiger partial charge in [0, 0.05) is 50.7 Å². The lowest BCUT2D eigenvalue weighted by molar-refractivity contribution is -0.140. The number of nitrogens with one attached hydrogen (secondary N) is 3. The van der Waals surface area contributed by atoms with Gasteiger partial charge in [-0.2, -0.15) is 18.2 Å². The van der Waals surface area contributed by atoms with E-state index in [4.69, 9.17) is 9.47 Å². The Morgan fingerprint density at radius 3 is 2.52 bits per heavy atom. The largest absolute Gasteiger partial charge is 0.495 e. The van der Waals surface area contributed by atoms with Crippen molar-refractivity contribution in [2.75, 3.05) is 57.8 Å². The molecule has 3 N–H and O–H groups in total. The maximum atomic E-state index is 15.1. The van der Waals surface area contributed by atoms with Crippen molar-refractivity contribution in [1.29, 1.82) is 0 Å². The number of likely N-dealkylation sites (N-methyl/N-ethyl adjacent to an activating group) is 1. The van der Waals surface area contributed by atoms with E-state index < -0.39 is 51.3 Å². The van der Waals surface area contributed by atoms with Crippen molar-refractivity contribution < 1.29 is 40.2 Å². The smallest absolute Gasteiger partial charge is 0.423 e. The van der Waals surface area contributed by atoms with Crippen molar-refractivity contribution in [1.82, 2.24) is 30.6 Å². The Morgan fingerprint density at radius 2 is 1.88 bits per heavy atom. The van der Waals surface area contributed by atoms with Crippen LogP contribution < -0.4 is 25.5 Å². The van der Waals surface area contributed by atoms with E-state index in [2.05, 4.69) is 30.9 Å². The van der Waals surface area contributed by atoms with Crippen molar-refractivity contribution in [3.63, 3.8) is 0 Å². The average molecular weight is 620 g/mol. The molecule has 232 valence electrons. The van der Waals surface area contributed by atoms with E-state index in [9.17, 15) is 26.4 Å². The van der Waals surface area contributed by atoms with Crippen LogP contribution in [0.2, 0.25) is 0 Å². The number of benzene rings is 1. The summed E-state index contributed by atoms with van der Waals surface area (Å²) in [4.78, 5) is 22.5. The summed E-state index contributed by atoms with van der Waals surface area (Å²) < 4.78 is 90.4. The molecule has 0 unspecified atom stereocenters. The first-order chi connectivity index (χ1) is 19.7. The van der Waals surface area contributed by atoms with E-state index in [1.54, 1.807) is 5.01 Å². The molecule has 2 aromatic rings. The van der Waals surface area contributed by atoms with Crippen molar-refractivity contribution in [3.05, 3.63) is 35.3 Å². The minimum absolute atomic E-state index is 0.0201. The van der Waals surface area contributed by atoms with Gasteiger partial charge in [-0.05, 0) is 32.4 Å². The molecule has 2 aliphatic rings. The van der Waals surface area contributed by atoms with Crippen LogP contribution in [-0.2, 0) is 16.0 Å². The molecular formula is C25H33F4N7O5S. The van der Waals surface area contributed by atoms with Gasteiger partial charge in [-0.25, -0.2) is 22.8 Å². The van der Waals surface area contributed by atoms with E-state index in [1.807, 2.05) is 7.05 Å². The highest BCUT2D eigenvalue weighted by Gasteiger charge is 2.39. The second-order valence-electron chi connectivity index (χ2n) is 10.3. The van der Waals surface area contributed by atoms with Gasteiger partial charge in [0.15, 0.2) is 9.84 Å². The Kier molecular flexibility index (Phi) is 9.74. The van der Waals surface area contributed by atoms with Gasteiger partial charge in [-0.1, -0.05) is 0 Å². The fourth-order valence-corrected chi connectivity index (χ4v) is 5.17. The number of hydrazine groups is 1. The van der Waals surface area contributed by atoms with E-state index in [0.29, 0.717) is 38.5 Å². The fourth-order valence-electron chi connectivity index (χ4n) is 4.65. The first-order valence-electron chi connectivity index (χ1n) is 13.1. The lowest BCUT2D eigenvalue weighted by Crippen LogP contribution is -2.52. The number of hydrogen-bond acceptors (Lipinski definition) is 11. The predicted octanol–water partition coefficient (Wildman–Crippen LogP) is 2.17.